The lowest BCUT2D eigenvalue weighted by Gasteiger charge is -2.63. The van der Waals surface area contributed by atoms with Crippen LogP contribution in [0.5, 0.6) is 0 Å². The monoisotopic (exact) mass is 872 g/mol. The summed E-state index contributed by atoms with van der Waals surface area (Å²) in [5, 5.41) is 64.2. The zero-order chi connectivity index (χ0) is 43.7. The fourth-order valence-electron chi connectivity index (χ4n) is 16.0. The molecule has 0 aromatic heterocycles. The number of aliphatic hydroxyl groups is 5. The molecule has 9 fully saturated rings. The number of esters is 1. The van der Waals surface area contributed by atoms with Crippen LogP contribution in [0.15, 0.2) is 11.6 Å². The second-order valence-corrected chi connectivity index (χ2v) is 22.1. The quantitative estimate of drug-likeness (QED) is 0.129. The molecule has 4 aliphatic carbocycles. The van der Waals surface area contributed by atoms with Crippen molar-refractivity contribution in [2.45, 2.75) is 177 Å². The first kappa shape index (κ1) is 45.6. The molecule has 4 bridgehead atoms. The summed E-state index contributed by atoms with van der Waals surface area (Å²) in [6.07, 6.45) is 8.05. The van der Waals surface area contributed by atoms with Crippen molar-refractivity contribution in [3.63, 3.8) is 0 Å². The average Bonchev–Trinajstić information content (AvgIpc) is 3.70. The van der Waals surface area contributed by atoms with Gasteiger partial charge in [-0.05, 0) is 145 Å². The van der Waals surface area contributed by atoms with Gasteiger partial charge in [-0.3, -0.25) is 10.5 Å². The third-order valence-corrected chi connectivity index (χ3v) is 19.0. The molecule has 4 saturated carbocycles. The lowest BCUT2D eigenvalue weighted by molar-refractivity contribution is -0.703. The zero-order valence-electron chi connectivity index (χ0n) is 37.3. The number of quaternary nitrogens is 1. The summed E-state index contributed by atoms with van der Waals surface area (Å²) in [5.74, 6) is -2.46. The molecule has 21 atom stereocenters. The highest BCUT2D eigenvalue weighted by Gasteiger charge is 2.67. The van der Waals surface area contributed by atoms with Crippen molar-refractivity contribution in [2.24, 2.45) is 82.5 Å². The zero-order valence-corrected chi connectivity index (χ0v) is 37.3. The Labute approximate surface area is 368 Å². The van der Waals surface area contributed by atoms with Gasteiger partial charge in [0.05, 0.1) is 66.9 Å². The van der Waals surface area contributed by atoms with Gasteiger partial charge in [-0.15, -0.1) is 0 Å². The van der Waals surface area contributed by atoms with Crippen LogP contribution in [0.4, 0.5) is 0 Å². The third kappa shape index (κ3) is 8.08. The number of nitrogens with two attached hydrogens (primary N) is 3. The summed E-state index contributed by atoms with van der Waals surface area (Å²) in [6.45, 7) is 5.05. The average molecular weight is 872 g/mol. The number of carbonyl (C=O) groups excluding carboxylic acids is 2. The minimum atomic E-state index is -1.27. The first-order valence-corrected chi connectivity index (χ1v) is 24.9. The van der Waals surface area contributed by atoms with E-state index in [0.29, 0.717) is 31.7 Å². The fourth-order valence-corrected chi connectivity index (χ4v) is 16.0. The number of nitrogens with one attached hydrogen (secondary N) is 1. The summed E-state index contributed by atoms with van der Waals surface area (Å²) in [5.41, 5.74) is 11.7. The molecule has 9 aliphatic rings. The van der Waals surface area contributed by atoms with Crippen LogP contribution < -0.4 is 22.1 Å². The van der Waals surface area contributed by atoms with Crippen LogP contribution in [0, 0.1) is 71.0 Å². The van der Waals surface area contributed by atoms with Crippen molar-refractivity contribution in [3.8, 4) is 0 Å². The van der Waals surface area contributed by atoms with Crippen LogP contribution in [-0.4, -0.2) is 124 Å². The van der Waals surface area contributed by atoms with Crippen molar-refractivity contribution in [3.05, 3.63) is 11.6 Å². The normalized spacial score (nSPS) is 50.5. The topological polar surface area (TPSA) is 244 Å². The fraction of sp³-hybridized carbons (Fsp3) is 0.917. The number of hydrogen-bond acceptors (Lipinski definition) is 13. The molecule has 12 N–H and O–H groups in total. The molecular weight excluding hydrogens is 793 g/mol. The SMILES string of the molecule is CC=C(C(=O)O[C@H]1CC2C(O)C3C(=O)CC(CO)OC3C3C2O[C@@]1(C)[C@H](CC1CCC(N)[NH2+]C1)CC1CCC2CCC(O)CC2C(CO)C3C2CCNC(N)C12)C1(O)CCCC1. The molecule has 62 heavy (non-hydrogen) atoms. The number of hydrogen-bond donors (Lipinski definition) is 9. The molecule has 0 radical (unpaired) electrons. The maximum atomic E-state index is 14.7. The summed E-state index contributed by atoms with van der Waals surface area (Å²) in [4.78, 5) is 29.1. The van der Waals surface area contributed by atoms with E-state index in [2.05, 4.69) is 17.6 Å². The van der Waals surface area contributed by atoms with Crippen LogP contribution >= 0.6 is 0 Å². The van der Waals surface area contributed by atoms with E-state index in [1.165, 1.54) is 0 Å². The minimum Gasteiger partial charge on any atom is -0.456 e. The molecule has 0 aromatic carbocycles. The van der Waals surface area contributed by atoms with Gasteiger partial charge in [-0.2, -0.15) is 0 Å². The van der Waals surface area contributed by atoms with Crippen LogP contribution in [-0.2, 0) is 23.8 Å². The van der Waals surface area contributed by atoms with E-state index in [4.69, 9.17) is 25.7 Å². The van der Waals surface area contributed by atoms with E-state index >= 15 is 0 Å². The molecular formula is C48H79N4O10+. The van der Waals surface area contributed by atoms with Gasteiger partial charge in [0.15, 0.2) is 0 Å². The van der Waals surface area contributed by atoms with Crippen molar-refractivity contribution < 1.29 is 54.6 Å². The largest absolute Gasteiger partial charge is 0.456 e. The molecule has 5 saturated heterocycles. The van der Waals surface area contributed by atoms with Crippen molar-refractivity contribution in [1.82, 2.24) is 5.32 Å². The van der Waals surface area contributed by atoms with Gasteiger partial charge in [-0.25, -0.2) is 4.79 Å². The molecule has 5 aliphatic heterocycles. The molecule has 18 unspecified atom stereocenters. The highest BCUT2D eigenvalue weighted by atomic mass is 16.6. The standard InChI is InChI=1S/C48H78N4O10/c1-3-34(48(59)13-4-5-14-48)46(58)61-36-20-32-42(57)40-35(56)19-29(22-53)60-44(40)41-39-30-12-15-51-45(50)38(30)26(8-7-25-9-10-28(55)18-31(25)33(39)23-54)17-27(47(36,2)62-43(32)41)16-24-6-11-37(49)52-21-24/h3,24-33,36-45,51-55,57,59H,4-23,49-50H2,1-2H3/p+1/t24?,25?,26?,27-,28?,29?,30?,31?,32?,33?,36+,37?,38?,39?,40?,41?,42?,43?,44?,45?,47+/m1/s1. The predicted octanol–water partition coefficient (Wildman–Crippen LogP) is 1.23. The number of carbonyl (C=O) groups is 2. The summed E-state index contributed by atoms with van der Waals surface area (Å²) in [7, 11) is 0. The van der Waals surface area contributed by atoms with Gasteiger partial charge in [0.2, 0.25) is 0 Å². The highest BCUT2D eigenvalue weighted by molar-refractivity contribution is 5.91. The lowest BCUT2D eigenvalue weighted by Crippen LogP contribution is -2.95. The van der Waals surface area contributed by atoms with Crippen LogP contribution in [0.25, 0.3) is 0 Å². The van der Waals surface area contributed by atoms with Gasteiger partial charge in [0.25, 0.3) is 0 Å². The number of fused-ring (bicyclic) bond motifs is 5. The van der Waals surface area contributed by atoms with Crippen molar-refractivity contribution >= 4 is 11.8 Å². The Hall–Kier alpha value is -1.56. The van der Waals surface area contributed by atoms with Crippen LogP contribution in [0.1, 0.15) is 117 Å². The van der Waals surface area contributed by atoms with E-state index in [1.807, 2.05) is 0 Å². The Kier molecular flexibility index (Phi) is 13.4. The van der Waals surface area contributed by atoms with Gasteiger partial charge in [0, 0.05) is 37.2 Å². The number of allylic oxidation sites excluding steroid dienone is 1. The van der Waals surface area contributed by atoms with E-state index in [-0.39, 0.29) is 97.1 Å². The summed E-state index contributed by atoms with van der Waals surface area (Å²) < 4.78 is 21.5. The molecule has 5 heterocycles. The van der Waals surface area contributed by atoms with Crippen molar-refractivity contribution in [2.75, 3.05) is 26.3 Å². The molecule has 0 spiro atoms. The number of ketones is 1. The lowest BCUT2D eigenvalue weighted by atomic mass is 9.50. The highest BCUT2D eigenvalue weighted by Crippen LogP contribution is 2.61. The van der Waals surface area contributed by atoms with E-state index in [0.717, 1.165) is 77.2 Å². The summed E-state index contributed by atoms with van der Waals surface area (Å²) in [6, 6.07) is 0. The van der Waals surface area contributed by atoms with E-state index in [1.54, 1.807) is 13.0 Å². The summed E-state index contributed by atoms with van der Waals surface area (Å²) >= 11 is 0. The molecule has 14 heteroatoms. The Morgan fingerprint density at radius 1 is 0.919 bits per heavy atom. The first-order chi connectivity index (χ1) is 29.8. The molecule has 0 amide bonds. The van der Waals surface area contributed by atoms with Gasteiger partial charge in [-0.1, -0.05) is 18.9 Å². The van der Waals surface area contributed by atoms with Crippen LogP contribution in [0.3, 0.4) is 0 Å². The third-order valence-electron chi connectivity index (χ3n) is 19.0. The molecule has 9 rings (SSSR count). The Morgan fingerprint density at radius 2 is 1.68 bits per heavy atom. The number of ether oxygens (including phenoxy) is 3. The number of rotatable bonds is 7. The molecule has 0 aromatic rings. The van der Waals surface area contributed by atoms with Gasteiger partial charge >= 0.3 is 5.97 Å². The van der Waals surface area contributed by atoms with E-state index < -0.39 is 71.5 Å². The molecule has 14 nitrogen and oxygen atoms in total. The first-order valence-electron chi connectivity index (χ1n) is 24.9. The van der Waals surface area contributed by atoms with E-state index in [9.17, 15) is 35.1 Å². The predicted molar refractivity (Wildman–Crippen MR) is 228 cm³/mol. The van der Waals surface area contributed by atoms with Gasteiger partial charge < -0.3 is 56.1 Å². The van der Waals surface area contributed by atoms with Crippen LogP contribution in [0.2, 0.25) is 0 Å². The number of Topliss-reactive ketones (excluding diaryl/α,β-unsaturated/α-hetero) is 1. The minimum absolute atomic E-state index is 0.00747. The Bertz CT molecular complexity index is 1640. The van der Waals surface area contributed by atoms with Gasteiger partial charge in [0.1, 0.15) is 23.7 Å². The smallest absolute Gasteiger partial charge is 0.336 e. The maximum Gasteiger partial charge on any atom is 0.336 e. The number of aliphatic hydroxyl groups excluding tert-OH is 4. The second kappa shape index (κ2) is 18.3. The maximum absolute atomic E-state index is 14.7. The molecule has 350 valence electrons. The Morgan fingerprint density at radius 3 is 2.39 bits per heavy atom. The Balaban J connectivity index is 1.23. The number of piperidine rings is 2. The van der Waals surface area contributed by atoms with Crippen molar-refractivity contribution in [1.29, 1.82) is 0 Å². The second-order valence-electron chi connectivity index (χ2n) is 22.1.